The molecule has 0 saturated heterocycles. The second kappa shape index (κ2) is 8.26. The van der Waals surface area contributed by atoms with Crippen LogP contribution in [0.1, 0.15) is 49.7 Å². The molecular weight excluding hydrogens is 370 g/mol. The number of carbonyl (C=O) groups is 1. The van der Waals surface area contributed by atoms with Crippen molar-refractivity contribution in [3.05, 3.63) is 35.4 Å². The lowest BCUT2D eigenvalue weighted by Crippen LogP contribution is -2.12. The molecule has 0 unspecified atom stereocenters. The smallest absolute Gasteiger partial charge is 0.234 e. The lowest BCUT2D eigenvalue weighted by Gasteiger charge is -2.07. The third-order valence-electron chi connectivity index (χ3n) is 4.65. The Labute approximate surface area is 158 Å². The highest BCUT2D eigenvalue weighted by atomic mass is 32.2. The maximum atomic E-state index is 12.5. The van der Waals surface area contributed by atoms with Crippen LogP contribution in [0.15, 0.2) is 28.6 Å². The Morgan fingerprint density at radius 2 is 1.88 bits per heavy atom. The Morgan fingerprint density at radius 3 is 2.58 bits per heavy atom. The fraction of sp³-hybridized carbons (Fsp3) is 0.500. The molecule has 140 valence electrons. The third-order valence-corrected chi connectivity index (χ3v) is 7.62. The van der Waals surface area contributed by atoms with Crippen LogP contribution >= 0.6 is 11.3 Å². The minimum atomic E-state index is -3.57. The molecule has 1 saturated carbocycles. The second-order valence-corrected chi connectivity index (χ2v) is 10.00. The number of anilines is 1. The fourth-order valence-corrected chi connectivity index (χ4v) is 5.50. The number of aromatic nitrogens is 2. The molecule has 0 radical (unpaired) electrons. The second-order valence-electron chi connectivity index (χ2n) is 6.86. The number of benzene rings is 1. The van der Waals surface area contributed by atoms with Gasteiger partial charge in [-0.3, -0.25) is 4.79 Å². The summed E-state index contributed by atoms with van der Waals surface area (Å²) in [5, 5.41) is 10.5. The molecule has 0 atom stereocenters. The van der Waals surface area contributed by atoms with Gasteiger partial charge in [-0.2, -0.15) is 0 Å². The zero-order valence-electron chi connectivity index (χ0n) is 14.8. The standard InChI is InChI=1S/C18H23N3O3S2/c1-13-6-8-15(9-7-13)12-26(23,24)18-21-20-17(25-18)19-16(22)11-10-14-4-2-3-5-14/h6-9,14H,2-5,10-12H2,1H3,(H,19,20,22). The topological polar surface area (TPSA) is 89.0 Å². The summed E-state index contributed by atoms with van der Waals surface area (Å²) in [6.07, 6.45) is 6.23. The molecule has 1 aliphatic carbocycles. The quantitative estimate of drug-likeness (QED) is 0.724. The molecule has 1 aromatic carbocycles. The summed E-state index contributed by atoms with van der Waals surface area (Å²) in [7, 11) is -3.57. The van der Waals surface area contributed by atoms with E-state index in [9.17, 15) is 13.2 Å². The molecule has 26 heavy (non-hydrogen) atoms. The van der Waals surface area contributed by atoms with E-state index in [1.807, 2.05) is 19.1 Å². The van der Waals surface area contributed by atoms with Crippen LogP contribution in [0.5, 0.6) is 0 Å². The molecule has 1 N–H and O–H groups in total. The van der Waals surface area contributed by atoms with Crippen LogP contribution in [0.2, 0.25) is 0 Å². The number of hydrogen-bond acceptors (Lipinski definition) is 6. The van der Waals surface area contributed by atoms with Crippen LogP contribution in [0.3, 0.4) is 0 Å². The van der Waals surface area contributed by atoms with Gasteiger partial charge in [0.15, 0.2) is 0 Å². The average Bonchev–Trinajstić information content (AvgIpc) is 3.27. The average molecular weight is 394 g/mol. The summed E-state index contributed by atoms with van der Waals surface area (Å²) in [5.41, 5.74) is 1.78. The van der Waals surface area contributed by atoms with Gasteiger partial charge < -0.3 is 5.32 Å². The Bertz CT molecular complexity index is 854. The van der Waals surface area contributed by atoms with Crippen molar-refractivity contribution >= 4 is 32.2 Å². The molecule has 6 nitrogen and oxygen atoms in total. The molecule has 1 fully saturated rings. The molecule has 2 aromatic rings. The molecule has 8 heteroatoms. The molecule has 0 bridgehead atoms. The van der Waals surface area contributed by atoms with Crippen molar-refractivity contribution in [1.29, 1.82) is 0 Å². The lowest BCUT2D eigenvalue weighted by atomic mass is 10.0. The summed E-state index contributed by atoms with van der Waals surface area (Å²) >= 11 is 0.907. The van der Waals surface area contributed by atoms with Crippen molar-refractivity contribution in [2.24, 2.45) is 5.92 Å². The van der Waals surface area contributed by atoms with Gasteiger partial charge in [0.25, 0.3) is 0 Å². The largest absolute Gasteiger partial charge is 0.301 e. The molecule has 1 aromatic heterocycles. The van der Waals surface area contributed by atoms with E-state index in [0.29, 0.717) is 17.9 Å². The maximum Gasteiger partial charge on any atom is 0.234 e. The first-order valence-corrected chi connectivity index (χ1v) is 11.3. The van der Waals surface area contributed by atoms with Gasteiger partial charge in [-0.25, -0.2) is 8.42 Å². The molecule has 0 aliphatic heterocycles. The van der Waals surface area contributed by atoms with Crippen LogP contribution in [0, 0.1) is 12.8 Å². The highest BCUT2D eigenvalue weighted by Crippen LogP contribution is 2.29. The summed E-state index contributed by atoms with van der Waals surface area (Å²) in [5.74, 6) is 0.383. The monoisotopic (exact) mass is 393 g/mol. The van der Waals surface area contributed by atoms with E-state index in [1.165, 1.54) is 25.7 Å². The zero-order valence-corrected chi connectivity index (χ0v) is 16.4. The Balaban J connectivity index is 1.57. The van der Waals surface area contributed by atoms with Crippen molar-refractivity contribution in [3.8, 4) is 0 Å². The number of nitrogens with one attached hydrogen (secondary N) is 1. The van der Waals surface area contributed by atoms with Crippen LogP contribution in [-0.2, 0) is 20.4 Å². The van der Waals surface area contributed by atoms with Gasteiger partial charge in [0.1, 0.15) is 0 Å². The number of sulfone groups is 1. The highest BCUT2D eigenvalue weighted by Gasteiger charge is 2.22. The van der Waals surface area contributed by atoms with Gasteiger partial charge >= 0.3 is 0 Å². The predicted octanol–water partition coefficient (Wildman–Crippen LogP) is 3.73. The van der Waals surface area contributed by atoms with Crippen LogP contribution < -0.4 is 5.32 Å². The molecule has 0 spiro atoms. The third kappa shape index (κ3) is 5.11. The molecule has 1 amide bonds. The summed E-state index contributed by atoms with van der Waals surface area (Å²) in [6.45, 7) is 1.95. The van der Waals surface area contributed by atoms with Crippen molar-refractivity contribution in [2.75, 3.05) is 5.32 Å². The van der Waals surface area contributed by atoms with Crippen LogP contribution in [0.4, 0.5) is 5.13 Å². The van der Waals surface area contributed by atoms with Crippen LogP contribution in [0.25, 0.3) is 0 Å². The van der Waals surface area contributed by atoms with E-state index in [2.05, 4.69) is 15.5 Å². The molecule has 1 aliphatic rings. The zero-order chi connectivity index (χ0) is 18.6. The number of nitrogens with zero attached hydrogens (tertiary/aromatic N) is 2. The maximum absolute atomic E-state index is 12.5. The predicted molar refractivity (Wildman–Crippen MR) is 102 cm³/mol. The van der Waals surface area contributed by atoms with E-state index in [0.717, 1.165) is 23.3 Å². The number of carbonyl (C=O) groups excluding carboxylic acids is 1. The first-order chi connectivity index (χ1) is 12.4. The number of rotatable bonds is 7. The molecule has 1 heterocycles. The first kappa shape index (κ1) is 19.0. The minimum absolute atomic E-state index is 0.0656. The SMILES string of the molecule is Cc1ccc(CS(=O)(=O)c2nnc(NC(=O)CCC3CCCC3)s2)cc1. The van der Waals surface area contributed by atoms with E-state index < -0.39 is 9.84 Å². The summed E-state index contributed by atoms with van der Waals surface area (Å²) in [4.78, 5) is 12.0. The van der Waals surface area contributed by atoms with Crippen molar-refractivity contribution in [1.82, 2.24) is 10.2 Å². The summed E-state index contributed by atoms with van der Waals surface area (Å²) < 4.78 is 24.9. The van der Waals surface area contributed by atoms with Crippen LogP contribution in [-0.4, -0.2) is 24.5 Å². The highest BCUT2D eigenvalue weighted by molar-refractivity contribution is 7.92. The Kier molecular flexibility index (Phi) is 6.03. The van der Waals surface area contributed by atoms with Crippen molar-refractivity contribution < 1.29 is 13.2 Å². The van der Waals surface area contributed by atoms with Crippen molar-refractivity contribution in [2.45, 2.75) is 55.5 Å². The summed E-state index contributed by atoms with van der Waals surface area (Å²) in [6, 6.07) is 7.33. The number of hydrogen-bond donors (Lipinski definition) is 1. The lowest BCUT2D eigenvalue weighted by molar-refractivity contribution is -0.116. The normalized spacial score (nSPS) is 15.3. The fourth-order valence-electron chi connectivity index (χ4n) is 3.17. The van der Waals surface area contributed by atoms with Crippen molar-refractivity contribution in [3.63, 3.8) is 0 Å². The Morgan fingerprint density at radius 1 is 1.19 bits per heavy atom. The first-order valence-electron chi connectivity index (χ1n) is 8.84. The van der Waals surface area contributed by atoms with Gasteiger partial charge in [-0.15, -0.1) is 10.2 Å². The van der Waals surface area contributed by atoms with Gasteiger partial charge in [0.05, 0.1) is 5.75 Å². The van der Waals surface area contributed by atoms with E-state index in [1.54, 1.807) is 12.1 Å². The van der Waals surface area contributed by atoms with Gasteiger partial charge in [0, 0.05) is 6.42 Å². The van der Waals surface area contributed by atoms with E-state index in [-0.39, 0.29) is 21.1 Å². The van der Waals surface area contributed by atoms with E-state index >= 15 is 0 Å². The van der Waals surface area contributed by atoms with E-state index in [4.69, 9.17) is 0 Å². The minimum Gasteiger partial charge on any atom is -0.301 e. The van der Waals surface area contributed by atoms with Gasteiger partial charge in [0.2, 0.25) is 25.2 Å². The number of amides is 1. The number of aryl methyl sites for hydroxylation is 1. The van der Waals surface area contributed by atoms with Gasteiger partial charge in [-0.1, -0.05) is 66.8 Å². The van der Waals surface area contributed by atoms with Gasteiger partial charge in [-0.05, 0) is 24.8 Å². The molecule has 3 rings (SSSR count). The molecular formula is C18H23N3O3S2. The Hall–Kier alpha value is -1.80.